The second-order valence-corrected chi connectivity index (χ2v) is 5.59. The zero-order chi connectivity index (χ0) is 9.80. The van der Waals surface area contributed by atoms with E-state index in [1.54, 1.807) is 0 Å². The Labute approximate surface area is 91.2 Å². The highest BCUT2D eigenvalue weighted by molar-refractivity contribution is 7.99. The van der Waals surface area contributed by atoms with Crippen LogP contribution in [0, 0.1) is 0 Å². The molecule has 0 amide bonds. The number of ether oxygens (including phenoxy) is 1. The molecule has 0 aromatic carbocycles. The molecule has 1 heterocycles. The minimum Gasteiger partial charge on any atom is -0.380 e. The lowest BCUT2D eigenvalue weighted by Gasteiger charge is -2.30. The topological polar surface area (TPSA) is 21.3 Å². The molecule has 3 unspecified atom stereocenters. The van der Waals surface area contributed by atoms with Gasteiger partial charge < -0.3 is 10.1 Å². The normalized spacial score (nSPS) is 38.8. The molecule has 1 saturated carbocycles. The Balaban J connectivity index is 1.73. The molecule has 0 radical (unpaired) electrons. The lowest BCUT2D eigenvalue weighted by molar-refractivity contribution is 0.186. The molecule has 3 atom stereocenters. The van der Waals surface area contributed by atoms with Gasteiger partial charge in [0.2, 0.25) is 0 Å². The Hall–Kier alpha value is 0.270. The van der Waals surface area contributed by atoms with E-state index in [0.717, 1.165) is 24.5 Å². The fourth-order valence-corrected chi connectivity index (χ4v) is 3.34. The Morgan fingerprint density at radius 2 is 2.14 bits per heavy atom. The van der Waals surface area contributed by atoms with Crippen LogP contribution >= 0.6 is 11.8 Å². The molecule has 2 aliphatic rings. The van der Waals surface area contributed by atoms with Gasteiger partial charge in [0.25, 0.3) is 0 Å². The maximum absolute atomic E-state index is 5.38. The first kappa shape index (κ1) is 10.8. The smallest absolute Gasteiger partial charge is 0.0620 e. The summed E-state index contributed by atoms with van der Waals surface area (Å²) in [6.45, 7) is 1.89. The number of thioether (sulfide) groups is 1. The Morgan fingerprint density at radius 3 is 2.86 bits per heavy atom. The first-order valence-electron chi connectivity index (χ1n) is 5.75. The molecular formula is C11H21NOS. The zero-order valence-corrected chi connectivity index (χ0v) is 9.81. The van der Waals surface area contributed by atoms with Crippen LogP contribution in [-0.2, 0) is 4.74 Å². The van der Waals surface area contributed by atoms with E-state index in [1.165, 1.54) is 32.1 Å². The van der Waals surface area contributed by atoms with Gasteiger partial charge in [0.05, 0.1) is 6.61 Å². The van der Waals surface area contributed by atoms with Crippen molar-refractivity contribution < 1.29 is 4.74 Å². The second kappa shape index (κ2) is 5.38. The van der Waals surface area contributed by atoms with Crippen molar-refractivity contribution in [3.8, 4) is 0 Å². The summed E-state index contributed by atoms with van der Waals surface area (Å²) < 4.78 is 5.38. The van der Waals surface area contributed by atoms with Crippen LogP contribution < -0.4 is 5.32 Å². The van der Waals surface area contributed by atoms with Gasteiger partial charge in [-0.2, -0.15) is 11.8 Å². The van der Waals surface area contributed by atoms with Gasteiger partial charge in [0.1, 0.15) is 0 Å². The van der Waals surface area contributed by atoms with Crippen LogP contribution in [0.15, 0.2) is 0 Å². The van der Waals surface area contributed by atoms with Crippen molar-refractivity contribution in [3.05, 3.63) is 0 Å². The minimum atomic E-state index is 0.639. The molecule has 1 saturated heterocycles. The van der Waals surface area contributed by atoms with E-state index < -0.39 is 0 Å². The van der Waals surface area contributed by atoms with Crippen molar-refractivity contribution in [3.63, 3.8) is 0 Å². The van der Waals surface area contributed by atoms with Gasteiger partial charge in [-0.1, -0.05) is 6.42 Å². The first-order valence-corrected chi connectivity index (χ1v) is 7.04. The maximum atomic E-state index is 5.38. The molecular weight excluding hydrogens is 194 g/mol. The van der Waals surface area contributed by atoms with Gasteiger partial charge in [-0.05, 0) is 31.9 Å². The van der Waals surface area contributed by atoms with Crippen molar-refractivity contribution in [1.29, 1.82) is 0 Å². The summed E-state index contributed by atoms with van der Waals surface area (Å²) in [7, 11) is 0. The highest BCUT2D eigenvalue weighted by atomic mass is 32.2. The van der Waals surface area contributed by atoms with E-state index in [9.17, 15) is 0 Å². The van der Waals surface area contributed by atoms with E-state index in [1.807, 2.05) is 11.8 Å². The van der Waals surface area contributed by atoms with Crippen LogP contribution in [-0.4, -0.2) is 36.8 Å². The Morgan fingerprint density at radius 1 is 1.21 bits per heavy atom. The predicted molar refractivity (Wildman–Crippen MR) is 61.9 cm³/mol. The molecule has 82 valence electrons. The van der Waals surface area contributed by atoms with Crippen LogP contribution in [0.1, 0.15) is 32.1 Å². The molecule has 1 aliphatic carbocycles. The summed E-state index contributed by atoms with van der Waals surface area (Å²) in [5.74, 6) is 0. The maximum Gasteiger partial charge on any atom is 0.0620 e. The van der Waals surface area contributed by atoms with Gasteiger partial charge in [-0.25, -0.2) is 0 Å². The van der Waals surface area contributed by atoms with Gasteiger partial charge in [0.15, 0.2) is 0 Å². The molecule has 2 nitrogen and oxygen atoms in total. The highest BCUT2D eigenvalue weighted by Gasteiger charge is 2.24. The molecule has 0 bridgehead atoms. The standard InChI is InChI=1S/C11H21NOS/c1-14-11-4-2-3-9(7-11)12-10-5-6-13-8-10/h9-12H,2-8H2,1H3. The lowest BCUT2D eigenvalue weighted by atomic mass is 9.94. The van der Waals surface area contributed by atoms with Crippen molar-refractivity contribution >= 4 is 11.8 Å². The first-order chi connectivity index (χ1) is 6.88. The lowest BCUT2D eigenvalue weighted by Crippen LogP contribution is -2.42. The quantitative estimate of drug-likeness (QED) is 0.778. The summed E-state index contributed by atoms with van der Waals surface area (Å²) in [5, 5.41) is 4.64. The third-order valence-corrected chi connectivity index (χ3v) is 4.46. The van der Waals surface area contributed by atoms with Crippen molar-refractivity contribution in [2.24, 2.45) is 0 Å². The largest absolute Gasteiger partial charge is 0.380 e. The summed E-state index contributed by atoms with van der Waals surface area (Å²) in [6.07, 6.45) is 8.99. The number of rotatable bonds is 3. The highest BCUT2D eigenvalue weighted by Crippen LogP contribution is 2.27. The SMILES string of the molecule is CSC1CCCC(NC2CCOC2)C1. The molecule has 1 N–H and O–H groups in total. The van der Waals surface area contributed by atoms with Gasteiger partial charge in [0, 0.05) is 23.9 Å². The molecule has 0 spiro atoms. The Bertz CT molecular complexity index is 171. The average molecular weight is 215 g/mol. The number of hydrogen-bond acceptors (Lipinski definition) is 3. The van der Waals surface area contributed by atoms with E-state index >= 15 is 0 Å². The van der Waals surface area contributed by atoms with Gasteiger partial charge in [-0.15, -0.1) is 0 Å². The van der Waals surface area contributed by atoms with Crippen LogP contribution in [0.25, 0.3) is 0 Å². The zero-order valence-electron chi connectivity index (χ0n) is 9.00. The summed E-state index contributed by atoms with van der Waals surface area (Å²) in [4.78, 5) is 0. The Kier molecular flexibility index (Phi) is 4.14. The number of nitrogens with one attached hydrogen (secondary N) is 1. The molecule has 14 heavy (non-hydrogen) atoms. The molecule has 0 aromatic heterocycles. The number of hydrogen-bond donors (Lipinski definition) is 1. The van der Waals surface area contributed by atoms with E-state index in [2.05, 4.69) is 11.6 Å². The molecule has 0 aromatic rings. The van der Waals surface area contributed by atoms with E-state index in [0.29, 0.717) is 6.04 Å². The third-order valence-electron chi connectivity index (χ3n) is 3.36. The van der Waals surface area contributed by atoms with Gasteiger partial charge in [-0.3, -0.25) is 0 Å². The van der Waals surface area contributed by atoms with Gasteiger partial charge >= 0.3 is 0 Å². The van der Waals surface area contributed by atoms with Crippen LogP contribution in [0.3, 0.4) is 0 Å². The van der Waals surface area contributed by atoms with Crippen LogP contribution in [0.4, 0.5) is 0 Å². The molecule has 3 heteroatoms. The molecule has 2 fully saturated rings. The van der Waals surface area contributed by atoms with E-state index in [4.69, 9.17) is 4.74 Å². The monoisotopic (exact) mass is 215 g/mol. The van der Waals surface area contributed by atoms with Crippen molar-refractivity contribution in [2.45, 2.75) is 49.4 Å². The third kappa shape index (κ3) is 2.88. The predicted octanol–water partition coefficient (Wildman–Crippen LogP) is 2.04. The molecule has 2 rings (SSSR count). The summed E-state index contributed by atoms with van der Waals surface area (Å²) >= 11 is 2.04. The summed E-state index contributed by atoms with van der Waals surface area (Å²) in [5.41, 5.74) is 0. The minimum absolute atomic E-state index is 0.639. The summed E-state index contributed by atoms with van der Waals surface area (Å²) in [6, 6.07) is 1.40. The van der Waals surface area contributed by atoms with Crippen molar-refractivity contribution in [2.75, 3.05) is 19.5 Å². The van der Waals surface area contributed by atoms with Crippen LogP contribution in [0.5, 0.6) is 0 Å². The fourth-order valence-electron chi connectivity index (χ4n) is 2.51. The van der Waals surface area contributed by atoms with E-state index in [-0.39, 0.29) is 0 Å². The fraction of sp³-hybridized carbons (Fsp3) is 1.00. The van der Waals surface area contributed by atoms with Crippen LogP contribution in [0.2, 0.25) is 0 Å². The van der Waals surface area contributed by atoms with Crippen molar-refractivity contribution in [1.82, 2.24) is 5.32 Å². The molecule has 1 aliphatic heterocycles. The average Bonchev–Trinajstić information content (AvgIpc) is 2.71. The second-order valence-electron chi connectivity index (χ2n) is 4.45.